The third-order valence-electron chi connectivity index (χ3n) is 7.51. The number of allylic oxidation sites excluding steroid dienone is 22. The summed E-state index contributed by atoms with van der Waals surface area (Å²) in [5, 5.41) is 10.1. The summed E-state index contributed by atoms with van der Waals surface area (Å²) in [6.45, 7) is 18.9. The maximum atomic E-state index is 11.4. The van der Waals surface area contributed by atoms with Gasteiger partial charge in [0.05, 0.1) is 11.7 Å². The summed E-state index contributed by atoms with van der Waals surface area (Å²) in [5.74, 6) is 0. The highest BCUT2D eigenvalue weighted by Crippen LogP contribution is 2.41. The molecule has 0 radical (unpaired) electrons. The average molecular weight is 597 g/mol. The van der Waals surface area contributed by atoms with Crippen LogP contribution in [-0.2, 0) is 9.53 Å². The molecule has 3 heteroatoms. The first-order chi connectivity index (χ1) is 20.7. The van der Waals surface area contributed by atoms with Crippen LogP contribution in [0.5, 0.6) is 0 Å². The number of ether oxygens (including phenoxy) is 1. The Hall–Kier alpha value is -3.53. The van der Waals surface area contributed by atoms with Gasteiger partial charge in [0.1, 0.15) is 6.29 Å². The van der Waals surface area contributed by atoms with Crippen LogP contribution in [0.15, 0.2) is 142 Å². The number of aldehydes is 1. The van der Waals surface area contributed by atoms with Crippen LogP contribution in [0.4, 0.5) is 0 Å². The molecular weight excluding hydrogens is 540 g/mol. The predicted octanol–water partition coefficient (Wildman–Crippen LogP) is 10.5. The Morgan fingerprint density at radius 2 is 1.32 bits per heavy atom. The number of hydrogen-bond donors (Lipinski definition) is 1. The molecule has 0 saturated heterocycles. The van der Waals surface area contributed by atoms with E-state index in [0.717, 1.165) is 42.3 Å². The van der Waals surface area contributed by atoms with Gasteiger partial charge >= 0.3 is 0 Å². The van der Waals surface area contributed by atoms with Crippen LogP contribution < -0.4 is 0 Å². The lowest BCUT2D eigenvalue weighted by molar-refractivity contribution is -0.104. The molecule has 0 unspecified atom stereocenters. The number of aliphatic hydroxyl groups is 1. The van der Waals surface area contributed by atoms with Crippen LogP contribution in [0.3, 0.4) is 0 Å². The van der Waals surface area contributed by atoms with Gasteiger partial charge in [-0.1, -0.05) is 145 Å². The van der Waals surface area contributed by atoms with E-state index in [1.54, 1.807) is 7.11 Å². The minimum absolute atomic E-state index is 0.00736. The van der Waals surface area contributed by atoms with Gasteiger partial charge in [-0.3, -0.25) is 4.79 Å². The summed E-state index contributed by atoms with van der Waals surface area (Å²) >= 11 is 0. The Labute approximate surface area is 268 Å². The van der Waals surface area contributed by atoms with Gasteiger partial charge in [-0.05, 0) is 78.7 Å². The molecule has 0 heterocycles. The number of aliphatic hydroxyl groups excluding tert-OH is 1. The third kappa shape index (κ3) is 16.4. The topological polar surface area (TPSA) is 46.5 Å². The van der Waals surface area contributed by atoms with Crippen LogP contribution in [0.1, 0.15) is 81.6 Å². The van der Waals surface area contributed by atoms with Crippen molar-refractivity contribution in [3.8, 4) is 0 Å². The number of carbonyl (C=O) groups is 1. The molecule has 1 aliphatic carbocycles. The lowest BCUT2D eigenvalue weighted by Gasteiger charge is -2.35. The Kier molecular flexibility index (Phi) is 17.2. The SMILES string of the molecule is COC(C)(C)CC=CC(C)=CC=CC(C=O)=CC=CC(C)=CC=CC=C(C)C=CC=C(C)C=CC1=C(C)C[C@@H](O)CC1(C)C. The lowest BCUT2D eigenvalue weighted by atomic mass is 9.71. The summed E-state index contributed by atoms with van der Waals surface area (Å²) in [4.78, 5) is 11.4. The fourth-order valence-electron chi connectivity index (χ4n) is 4.75. The van der Waals surface area contributed by atoms with E-state index in [9.17, 15) is 9.90 Å². The third-order valence-corrected chi connectivity index (χ3v) is 7.51. The van der Waals surface area contributed by atoms with Crippen LogP contribution in [0.25, 0.3) is 0 Å². The van der Waals surface area contributed by atoms with Crippen LogP contribution in [-0.4, -0.2) is 30.2 Å². The molecule has 44 heavy (non-hydrogen) atoms. The molecule has 0 aromatic rings. The minimum atomic E-state index is -0.237. The van der Waals surface area contributed by atoms with Crippen molar-refractivity contribution >= 4 is 6.29 Å². The number of rotatable bonds is 15. The quantitative estimate of drug-likeness (QED) is 0.116. The molecular formula is C41H56O3. The summed E-state index contributed by atoms with van der Waals surface area (Å²) in [6, 6.07) is 0. The van der Waals surface area contributed by atoms with Crippen molar-refractivity contribution in [3.63, 3.8) is 0 Å². The fraction of sp³-hybridized carbons (Fsp3) is 0.390. The predicted molar refractivity (Wildman–Crippen MR) is 191 cm³/mol. The summed E-state index contributed by atoms with van der Waals surface area (Å²) in [6.07, 6.45) is 37.3. The van der Waals surface area contributed by atoms with Gasteiger partial charge in [-0.2, -0.15) is 0 Å². The van der Waals surface area contributed by atoms with Gasteiger partial charge in [-0.15, -0.1) is 0 Å². The Morgan fingerprint density at radius 3 is 1.86 bits per heavy atom. The molecule has 0 aromatic heterocycles. The first kappa shape index (κ1) is 38.5. The maximum absolute atomic E-state index is 11.4. The van der Waals surface area contributed by atoms with Crippen molar-refractivity contribution in [2.75, 3.05) is 7.11 Å². The summed E-state index contributed by atoms with van der Waals surface area (Å²) < 4.78 is 5.43. The molecule has 0 saturated carbocycles. The standard InChI is InChI=1S/C41H56O3/c1-32(19-13-20-35(4)26-27-39-36(5)29-38(43)30-40(39,6)7)17-11-12-18-33(2)21-14-24-37(31-42)25-15-22-34(3)23-16-28-41(8,9)44-10/h11-27,31,38,43H,28-30H2,1-10H3/t38-/m1/s1. The summed E-state index contributed by atoms with van der Waals surface area (Å²) in [5.41, 5.74) is 7.56. The highest BCUT2D eigenvalue weighted by atomic mass is 16.5. The Bertz CT molecular complexity index is 1320. The molecule has 1 N–H and O–H groups in total. The molecule has 0 aliphatic heterocycles. The van der Waals surface area contributed by atoms with E-state index in [4.69, 9.17) is 4.74 Å². The van der Waals surface area contributed by atoms with E-state index >= 15 is 0 Å². The molecule has 238 valence electrons. The number of methoxy groups -OCH3 is 1. The zero-order valence-electron chi connectivity index (χ0n) is 28.9. The Morgan fingerprint density at radius 1 is 0.818 bits per heavy atom. The highest BCUT2D eigenvalue weighted by molar-refractivity contribution is 5.78. The number of carbonyl (C=O) groups excluding carboxylic acids is 1. The minimum Gasteiger partial charge on any atom is -0.393 e. The van der Waals surface area contributed by atoms with Crippen molar-refractivity contribution in [2.24, 2.45) is 5.41 Å². The van der Waals surface area contributed by atoms with Crippen LogP contribution >= 0.6 is 0 Å². The molecule has 0 spiro atoms. The molecule has 0 bridgehead atoms. The first-order valence-corrected chi connectivity index (χ1v) is 15.5. The summed E-state index contributed by atoms with van der Waals surface area (Å²) in [7, 11) is 1.72. The van der Waals surface area contributed by atoms with E-state index in [1.165, 1.54) is 16.7 Å². The van der Waals surface area contributed by atoms with E-state index < -0.39 is 0 Å². The second-order valence-corrected chi connectivity index (χ2v) is 12.9. The lowest BCUT2D eigenvalue weighted by Crippen LogP contribution is -2.28. The smallest absolute Gasteiger partial charge is 0.150 e. The molecule has 0 aromatic carbocycles. The largest absolute Gasteiger partial charge is 0.393 e. The molecule has 0 fully saturated rings. The highest BCUT2D eigenvalue weighted by Gasteiger charge is 2.31. The Balaban J connectivity index is 2.67. The van der Waals surface area contributed by atoms with Gasteiger partial charge in [0.15, 0.2) is 0 Å². The number of hydrogen-bond acceptors (Lipinski definition) is 3. The fourth-order valence-corrected chi connectivity index (χ4v) is 4.75. The molecule has 1 atom stereocenters. The normalized spacial score (nSPS) is 20.2. The zero-order valence-corrected chi connectivity index (χ0v) is 28.9. The van der Waals surface area contributed by atoms with Gasteiger partial charge in [0.25, 0.3) is 0 Å². The van der Waals surface area contributed by atoms with Crippen LogP contribution in [0.2, 0.25) is 0 Å². The molecule has 3 nitrogen and oxygen atoms in total. The molecule has 0 amide bonds. The van der Waals surface area contributed by atoms with Crippen LogP contribution in [0, 0.1) is 5.41 Å². The maximum Gasteiger partial charge on any atom is 0.150 e. The average Bonchev–Trinajstić information content (AvgIpc) is 2.93. The van der Waals surface area contributed by atoms with Crippen molar-refractivity contribution in [2.45, 2.75) is 93.3 Å². The van der Waals surface area contributed by atoms with Gasteiger partial charge in [-0.25, -0.2) is 0 Å². The van der Waals surface area contributed by atoms with Crippen molar-refractivity contribution < 1.29 is 14.6 Å². The monoisotopic (exact) mass is 596 g/mol. The molecule has 1 aliphatic rings. The van der Waals surface area contributed by atoms with E-state index in [2.05, 4.69) is 97.1 Å². The van der Waals surface area contributed by atoms with Gasteiger partial charge < -0.3 is 9.84 Å². The van der Waals surface area contributed by atoms with Crippen molar-refractivity contribution in [1.82, 2.24) is 0 Å². The van der Waals surface area contributed by atoms with E-state index in [0.29, 0.717) is 5.57 Å². The van der Waals surface area contributed by atoms with Crippen molar-refractivity contribution in [3.05, 3.63) is 142 Å². The first-order valence-electron chi connectivity index (χ1n) is 15.5. The zero-order chi connectivity index (χ0) is 33.2. The molecule has 1 rings (SSSR count). The van der Waals surface area contributed by atoms with E-state index in [1.807, 2.05) is 68.5 Å². The second-order valence-electron chi connectivity index (χ2n) is 12.9. The van der Waals surface area contributed by atoms with E-state index in [-0.39, 0.29) is 17.1 Å². The van der Waals surface area contributed by atoms with Gasteiger partial charge in [0.2, 0.25) is 0 Å². The second kappa shape index (κ2) is 19.7. The van der Waals surface area contributed by atoms with Gasteiger partial charge in [0, 0.05) is 12.7 Å². The van der Waals surface area contributed by atoms with Crippen molar-refractivity contribution in [1.29, 1.82) is 0 Å².